The van der Waals surface area contributed by atoms with Gasteiger partial charge < -0.3 is 15.2 Å². The van der Waals surface area contributed by atoms with Crippen molar-refractivity contribution in [2.24, 2.45) is 5.73 Å². The van der Waals surface area contributed by atoms with Gasteiger partial charge in [-0.25, -0.2) is 8.42 Å². The van der Waals surface area contributed by atoms with E-state index in [4.69, 9.17) is 15.2 Å². The molecule has 0 aromatic heterocycles. The molecule has 0 aromatic rings. The monoisotopic (exact) mass is 249 g/mol. The predicted molar refractivity (Wildman–Crippen MR) is 59.7 cm³/mol. The Labute approximate surface area is 96.2 Å². The van der Waals surface area contributed by atoms with Crippen molar-refractivity contribution in [2.75, 3.05) is 18.9 Å². The molecule has 94 valence electrons. The van der Waals surface area contributed by atoms with Gasteiger partial charge in [0.2, 0.25) is 0 Å². The molecule has 0 aliphatic carbocycles. The van der Waals surface area contributed by atoms with Crippen LogP contribution in [0.25, 0.3) is 0 Å². The third kappa shape index (κ3) is 2.56. The van der Waals surface area contributed by atoms with Gasteiger partial charge in [-0.05, 0) is 25.8 Å². The third-order valence-electron chi connectivity index (χ3n) is 3.19. The van der Waals surface area contributed by atoms with Crippen molar-refractivity contribution >= 4 is 9.84 Å². The smallest absolute Gasteiger partial charge is 0.174 e. The van der Waals surface area contributed by atoms with Crippen LogP contribution in [-0.4, -0.2) is 45.0 Å². The van der Waals surface area contributed by atoms with E-state index in [1.807, 2.05) is 0 Å². The van der Waals surface area contributed by atoms with Crippen LogP contribution in [0.15, 0.2) is 0 Å². The van der Waals surface area contributed by atoms with Crippen LogP contribution in [0.1, 0.15) is 25.7 Å². The zero-order valence-corrected chi connectivity index (χ0v) is 10.1. The molecule has 2 rings (SSSR count). The van der Waals surface area contributed by atoms with Crippen molar-refractivity contribution in [1.29, 1.82) is 0 Å². The Bertz CT molecular complexity index is 330. The maximum absolute atomic E-state index is 11.8. The van der Waals surface area contributed by atoms with Gasteiger partial charge in [-0.15, -0.1) is 0 Å². The third-order valence-corrected chi connectivity index (χ3v) is 5.43. The Kier molecular flexibility index (Phi) is 3.84. The summed E-state index contributed by atoms with van der Waals surface area (Å²) in [5.41, 5.74) is 5.43. The SMILES string of the molecule is NCCC1COC(C2CCCCS2(=O)=O)O1. The quantitative estimate of drug-likeness (QED) is 0.764. The van der Waals surface area contributed by atoms with Crippen LogP contribution in [0.3, 0.4) is 0 Å². The lowest BCUT2D eigenvalue weighted by Gasteiger charge is -2.26. The Morgan fingerprint density at radius 1 is 1.31 bits per heavy atom. The number of hydrogen-bond acceptors (Lipinski definition) is 5. The average molecular weight is 249 g/mol. The Hall–Kier alpha value is -0.170. The first kappa shape index (κ1) is 12.3. The fourth-order valence-electron chi connectivity index (χ4n) is 2.29. The molecule has 5 nitrogen and oxygen atoms in total. The van der Waals surface area contributed by atoms with Crippen molar-refractivity contribution in [2.45, 2.75) is 43.3 Å². The largest absolute Gasteiger partial charge is 0.349 e. The fraction of sp³-hybridized carbons (Fsp3) is 1.00. The standard InChI is InChI=1S/C10H19NO4S/c11-5-4-8-7-14-10(15-8)9-3-1-2-6-16(9,12)13/h8-10H,1-7,11H2. The second-order valence-electron chi connectivity index (χ2n) is 4.44. The number of sulfone groups is 1. The molecular weight excluding hydrogens is 230 g/mol. The summed E-state index contributed by atoms with van der Waals surface area (Å²) < 4.78 is 34.7. The zero-order valence-electron chi connectivity index (χ0n) is 9.30. The highest BCUT2D eigenvalue weighted by Gasteiger charge is 2.41. The maximum Gasteiger partial charge on any atom is 0.174 e. The Balaban J connectivity index is 1.97. The minimum Gasteiger partial charge on any atom is -0.349 e. The van der Waals surface area contributed by atoms with Crippen LogP contribution in [0.2, 0.25) is 0 Å². The van der Waals surface area contributed by atoms with Gasteiger partial charge in [0.1, 0.15) is 5.25 Å². The molecule has 2 heterocycles. The summed E-state index contributed by atoms with van der Waals surface area (Å²) in [6.07, 6.45) is 2.48. The summed E-state index contributed by atoms with van der Waals surface area (Å²) in [5.74, 6) is 0.266. The van der Waals surface area contributed by atoms with Gasteiger partial charge in [0.05, 0.1) is 18.5 Å². The lowest BCUT2D eigenvalue weighted by atomic mass is 10.2. The summed E-state index contributed by atoms with van der Waals surface area (Å²) in [7, 11) is -3.03. The highest BCUT2D eigenvalue weighted by Crippen LogP contribution is 2.28. The van der Waals surface area contributed by atoms with Gasteiger partial charge >= 0.3 is 0 Å². The highest BCUT2D eigenvalue weighted by atomic mass is 32.2. The van der Waals surface area contributed by atoms with Crippen LogP contribution < -0.4 is 5.73 Å². The molecule has 3 atom stereocenters. The first-order valence-corrected chi connectivity index (χ1v) is 7.54. The van der Waals surface area contributed by atoms with Crippen molar-refractivity contribution in [3.8, 4) is 0 Å². The molecule has 0 amide bonds. The lowest BCUT2D eigenvalue weighted by molar-refractivity contribution is -0.0613. The average Bonchev–Trinajstić information content (AvgIpc) is 2.66. The fourth-order valence-corrected chi connectivity index (χ4v) is 4.20. The number of ether oxygens (including phenoxy) is 2. The van der Waals surface area contributed by atoms with Gasteiger partial charge in [-0.3, -0.25) is 0 Å². The summed E-state index contributed by atoms with van der Waals surface area (Å²) >= 11 is 0. The highest BCUT2D eigenvalue weighted by molar-refractivity contribution is 7.92. The van der Waals surface area contributed by atoms with Gasteiger partial charge in [-0.2, -0.15) is 0 Å². The van der Waals surface area contributed by atoms with Crippen LogP contribution in [0.4, 0.5) is 0 Å². The first-order valence-electron chi connectivity index (χ1n) is 5.82. The van der Waals surface area contributed by atoms with E-state index < -0.39 is 21.4 Å². The number of rotatable bonds is 3. The molecule has 2 aliphatic rings. The van der Waals surface area contributed by atoms with E-state index in [-0.39, 0.29) is 11.9 Å². The molecule has 16 heavy (non-hydrogen) atoms. The summed E-state index contributed by atoms with van der Waals surface area (Å²) in [6.45, 7) is 1.01. The molecule has 2 N–H and O–H groups in total. The molecule has 0 bridgehead atoms. The normalized spacial score (nSPS) is 38.7. The lowest BCUT2D eigenvalue weighted by Crippen LogP contribution is -2.39. The Morgan fingerprint density at radius 3 is 2.81 bits per heavy atom. The van der Waals surface area contributed by atoms with E-state index in [2.05, 4.69) is 0 Å². The maximum atomic E-state index is 11.8. The molecule has 2 saturated heterocycles. The summed E-state index contributed by atoms with van der Waals surface area (Å²) in [5, 5.41) is -0.468. The van der Waals surface area contributed by atoms with Gasteiger partial charge in [0.25, 0.3) is 0 Å². The van der Waals surface area contributed by atoms with E-state index in [0.29, 0.717) is 19.6 Å². The minimum absolute atomic E-state index is 0.0351. The Morgan fingerprint density at radius 2 is 2.12 bits per heavy atom. The number of hydrogen-bond donors (Lipinski definition) is 1. The molecule has 0 radical (unpaired) electrons. The van der Waals surface area contributed by atoms with Crippen LogP contribution in [0, 0.1) is 0 Å². The van der Waals surface area contributed by atoms with Gasteiger partial charge in [0, 0.05) is 0 Å². The molecule has 6 heteroatoms. The second-order valence-corrected chi connectivity index (χ2v) is 6.78. The molecule has 0 aromatic carbocycles. The van der Waals surface area contributed by atoms with Crippen molar-refractivity contribution in [1.82, 2.24) is 0 Å². The van der Waals surface area contributed by atoms with Crippen LogP contribution >= 0.6 is 0 Å². The van der Waals surface area contributed by atoms with Crippen molar-refractivity contribution in [3.05, 3.63) is 0 Å². The van der Waals surface area contributed by atoms with Crippen molar-refractivity contribution in [3.63, 3.8) is 0 Å². The van der Waals surface area contributed by atoms with Crippen LogP contribution in [-0.2, 0) is 19.3 Å². The topological polar surface area (TPSA) is 78.6 Å². The molecule has 2 aliphatic heterocycles. The molecule has 3 unspecified atom stereocenters. The van der Waals surface area contributed by atoms with E-state index in [1.165, 1.54) is 0 Å². The van der Waals surface area contributed by atoms with Gasteiger partial charge in [-0.1, -0.05) is 6.42 Å². The first-order chi connectivity index (χ1) is 7.63. The van der Waals surface area contributed by atoms with E-state index in [1.54, 1.807) is 0 Å². The van der Waals surface area contributed by atoms with Crippen LogP contribution in [0.5, 0.6) is 0 Å². The van der Waals surface area contributed by atoms with Crippen molar-refractivity contribution < 1.29 is 17.9 Å². The van der Waals surface area contributed by atoms with E-state index >= 15 is 0 Å². The predicted octanol–water partition coefficient (Wildman–Crippen LogP) is 0.0440. The molecule has 0 saturated carbocycles. The minimum atomic E-state index is -3.03. The summed E-state index contributed by atoms with van der Waals surface area (Å²) in [4.78, 5) is 0. The summed E-state index contributed by atoms with van der Waals surface area (Å²) in [6, 6.07) is 0. The van der Waals surface area contributed by atoms with E-state index in [0.717, 1.165) is 19.3 Å². The molecular formula is C10H19NO4S. The zero-order chi connectivity index (χ0) is 11.6. The molecule has 2 fully saturated rings. The van der Waals surface area contributed by atoms with Gasteiger partial charge in [0.15, 0.2) is 16.1 Å². The number of nitrogens with two attached hydrogens (primary N) is 1. The second kappa shape index (κ2) is 5.00. The molecule has 0 spiro atoms. The van der Waals surface area contributed by atoms with E-state index in [9.17, 15) is 8.42 Å².